The van der Waals surface area contributed by atoms with Crippen LogP contribution in [0.4, 0.5) is 10.5 Å². The van der Waals surface area contributed by atoms with Gasteiger partial charge in [0.1, 0.15) is 5.75 Å². The smallest absolute Gasteiger partial charge is 0.335 e. The Morgan fingerprint density at radius 3 is 2.75 bits per heavy atom. The summed E-state index contributed by atoms with van der Waals surface area (Å²) in [5.41, 5.74) is 0.129. The van der Waals surface area contributed by atoms with Crippen molar-refractivity contribution in [2.45, 2.75) is 12.5 Å². The number of benzene rings is 1. The van der Waals surface area contributed by atoms with Gasteiger partial charge in [-0.25, -0.2) is 9.59 Å². The molecule has 0 saturated carbocycles. The van der Waals surface area contributed by atoms with Gasteiger partial charge in [-0.3, -0.25) is 0 Å². The third kappa shape index (κ3) is 3.00. The van der Waals surface area contributed by atoms with Crippen LogP contribution in [0.2, 0.25) is 0 Å². The standard InChI is InChI=1S/C13H16N2O5/c1-15(9-4-5-20-7-9)13(19)14-10-3-2-8(12(17)18)6-11(10)16/h2-3,6,9,16H,4-5,7H2,1H3,(H,14,19)(H,17,18). The summed E-state index contributed by atoms with van der Waals surface area (Å²) >= 11 is 0. The number of anilines is 1. The number of aromatic hydroxyl groups is 1. The fourth-order valence-electron chi connectivity index (χ4n) is 1.97. The van der Waals surface area contributed by atoms with Crippen molar-refractivity contribution >= 4 is 17.7 Å². The van der Waals surface area contributed by atoms with Crippen LogP contribution in [-0.2, 0) is 4.74 Å². The summed E-state index contributed by atoms with van der Waals surface area (Å²) in [7, 11) is 1.65. The van der Waals surface area contributed by atoms with Crippen LogP contribution in [0.1, 0.15) is 16.8 Å². The van der Waals surface area contributed by atoms with Crippen LogP contribution >= 0.6 is 0 Å². The normalized spacial score (nSPS) is 17.8. The molecule has 0 aliphatic carbocycles. The molecule has 1 unspecified atom stereocenters. The van der Waals surface area contributed by atoms with Crippen molar-refractivity contribution in [2.24, 2.45) is 0 Å². The molecule has 108 valence electrons. The monoisotopic (exact) mass is 280 g/mol. The van der Waals surface area contributed by atoms with E-state index in [0.29, 0.717) is 13.2 Å². The van der Waals surface area contributed by atoms with Crippen LogP contribution in [0.5, 0.6) is 5.75 Å². The zero-order chi connectivity index (χ0) is 14.7. The zero-order valence-electron chi connectivity index (χ0n) is 11.0. The highest BCUT2D eigenvalue weighted by molar-refractivity contribution is 5.93. The van der Waals surface area contributed by atoms with Gasteiger partial charge in [0.05, 0.1) is 23.9 Å². The number of nitrogens with one attached hydrogen (secondary N) is 1. The number of urea groups is 1. The van der Waals surface area contributed by atoms with E-state index in [-0.39, 0.29) is 29.1 Å². The zero-order valence-corrected chi connectivity index (χ0v) is 11.0. The summed E-state index contributed by atoms with van der Waals surface area (Å²) < 4.78 is 5.21. The van der Waals surface area contributed by atoms with Crippen molar-refractivity contribution < 1.29 is 24.5 Å². The van der Waals surface area contributed by atoms with Gasteiger partial charge in [0.25, 0.3) is 0 Å². The van der Waals surface area contributed by atoms with Crippen molar-refractivity contribution in [3.63, 3.8) is 0 Å². The quantitative estimate of drug-likeness (QED) is 0.726. The lowest BCUT2D eigenvalue weighted by atomic mass is 10.2. The number of likely N-dealkylation sites (N-methyl/N-ethyl adjacent to an activating group) is 1. The van der Waals surface area contributed by atoms with E-state index in [1.165, 1.54) is 17.0 Å². The molecule has 1 fully saturated rings. The minimum absolute atomic E-state index is 0.00966. The Hall–Kier alpha value is -2.28. The molecule has 0 aromatic heterocycles. The van der Waals surface area contributed by atoms with E-state index in [9.17, 15) is 14.7 Å². The van der Waals surface area contributed by atoms with Crippen LogP contribution in [-0.4, -0.2) is 53.4 Å². The molecule has 0 spiro atoms. The molecule has 0 radical (unpaired) electrons. The third-order valence-electron chi connectivity index (χ3n) is 3.26. The predicted molar refractivity (Wildman–Crippen MR) is 71.1 cm³/mol. The molecule has 1 heterocycles. The third-order valence-corrected chi connectivity index (χ3v) is 3.26. The first kappa shape index (κ1) is 14.1. The van der Waals surface area contributed by atoms with Gasteiger partial charge in [-0.05, 0) is 24.6 Å². The lowest BCUT2D eigenvalue weighted by molar-refractivity contribution is 0.0696. The Morgan fingerprint density at radius 1 is 1.45 bits per heavy atom. The number of rotatable bonds is 3. The van der Waals surface area contributed by atoms with E-state index in [1.54, 1.807) is 7.05 Å². The van der Waals surface area contributed by atoms with Crippen LogP contribution in [0.15, 0.2) is 18.2 Å². The molecule has 1 aliphatic rings. The van der Waals surface area contributed by atoms with Gasteiger partial charge < -0.3 is 25.2 Å². The van der Waals surface area contributed by atoms with Crippen LogP contribution in [0.3, 0.4) is 0 Å². The fraction of sp³-hybridized carbons (Fsp3) is 0.385. The van der Waals surface area contributed by atoms with Gasteiger partial charge in [0.2, 0.25) is 0 Å². The number of hydrogen-bond donors (Lipinski definition) is 3. The fourth-order valence-corrected chi connectivity index (χ4v) is 1.97. The van der Waals surface area contributed by atoms with Gasteiger partial charge >= 0.3 is 12.0 Å². The van der Waals surface area contributed by atoms with Gasteiger partial charge in [-0.1, -0.05) is 0 Å². The van der Waals surface area contributed by atoms with E-state index in [0.717, 1.165) is 12.5 Å². The van der Waals surface area contributed by atoms with Gasteiger partial charge in [0, 0.05) is 13.7 Å². The number of hydrogen-bond acceptors (Lipinski definition) is 4. The number of nitrogens with zero attached hydrogens (tertiary/aromatic N) is 1. The highest BCUT2D eigenvalue weighted by Crippen LogP contribution is 2.25. The Balaban J connectivity index is 2.05. The summed E-state index contributed by atoms with van der Waals surface area (Å²) in [4.78, 5) is 24.3. The maximum Gasteiger partial charge on any atom is 0.335 e. The number of ether oxygens (including phenoxy) is 1. The number of aromatic carboxylic acids is 1. The Morgan fingerprint density at radius 2 is 2.20 bits per heavy atom. The lowest BCUT2D eigenvalue weighted by Crippen LogP contribution is -2.40. The van der Waals surface area contributed by atoms with Crippen molar-refractivity contribution in [2.75, 3.05) is 25.6 Å². The average molecular weight is 280 g/mol. The molecular weight excluding hydrogens is 264 g/mol. The van der Waals surface area contributed by atoms with Crippen molar-refractivity contribution in [1.82, 2.24) is 4.90 Å². The number of amides is 2. The van der Waals surface area contributed by atoms with E-state index in [2.05, 4.69) is 5.32 Å². The van der Waals surface area contributed by atoms with Gasteiger partial charge in [0.15, 0.2) is 0 Å². The molecule has 2 amide bonds. The predicted octanol–water partition coefficient (Wildman–Crippen LogP) is 1.34. The maximum absolute atomic E-state index is 12.0. The summed E-state index contributed by atoms with van der Waals surface area (Å²) in [6, 6.07) is 3.40. The Labute approximate surface area is 115 Å². The molecular formula is C13H16N2O5. The summed E-state index contributed by atoms with van der Waals surface area (Å²) in [6.45, 7) is 1.12. The number of carbonyl (C=O) groups is 2. The first-order valence-corrected chi connectivity index (χ1v) is 6.17. The van der Waals surface area contributed by atoms with E-state index < -0.39 is 5.97 Å². The van der Waals surface area contributed by atoms with Crippen LogP contribution in [0, 0.1) is 0 Å². The molecule has 1 aromatic carbocycles. The minimum atomic E-state index is -1.14. The molecule has 1 aromatic rings. The number of phenolic OH excluding ortho intramolecular Hbond substituents is 1. The lowest BCUT2D eigenvalue weighted by Gasteiger charge is -2.23. The Bertz CT molecular complexity index is 525. The van der Waals surface area contributed by atoms with E-state index in [1.807, 2.05) is 0 Å². The topological polar surface area (TPSA) is 99.1 Å². The molecule has 2 rings (SSSR count). The first-order chi connectivity index (χ1) is 9.49. The maximum atomic E-state index is 12.0. The minimum Gasteiger partial charge on any atom is -0.506 e. The molecule has 1 atom stereocenters. The second-order valence-electron chi connectivity index (χ2n) is 4.60. The van der Waals surface area contributed by atoms with E-state index in [4.69, 9.17) is 9.84 Å². The Kier molecular flexibility index (Phi) is 4.09. The molecule has 20 heavy (non-hydrogen) atoms. The number of carbonyl (C=O) groups excluding carboxylic acids is 1. The number of carboxylic acid groups (broad SMARTS) is 1. The van der Waals surface area contributed by atoms with Crippen molar-refractivity contribution in [3.8, 4) is 5.75 Å². The molecule has 7 heteroatoms. The molecule has 1 saturated heterocycles. The SMILES string of the molecule is CN(C(=O)Nc1ccc(C(=O)O)cc1O)C1CCOC1. The van der Waals surface area contributed by atoms with Gasteiger partial charge in [-0.15, -0.1) is 0 Å². The molecule has 3 N–H and O–H groups in total. The number of phenols is 1. The molecule has 7 nitrogen and oxygen atoms in total. The van der Waals surface area contributed by atoms with Crippen LogP contribution < -0.4 is 5.32 Å². The van der Waals surface area contributed by atoms with Crippen molar-refractivity contribution in [1.29, 1.82) is 0 Å². The van der Waals surface area contributed by atoms with E-state index >= 15 is 0 Å². The summed E-state index contributed by atoms with van der Waals surface area (Å²) in [5.74, 6) is -1.42. The highest BCUT2D eigenvalue weighted by atomic mass is 16.5. The van der Waals surface area contributed by atoms with Crippen molar-refractivity contribution in [3.05, 3.63) is 23.8 Å². The first-order valence-electron chi connectivity index (χ1n) is 6.17. The largest absolute Gasteiger partial charge is 0.506 e. The second kappa shape index (κ2) is 5.79. The molecule has 0 bridgehead atoms. The second-order valence-corrected chi connectivity index (χ2v) is 4.60. The highest BCUT2D eigenvalue weighted by Gasteiger charge is 2.24. The molecule has 1 aliphatic heterocycles. The summed E-state index contributed by atoms with van der Waals surface area (Å²) in [6.07, 6.45) is 0.772. The average Bonchev–Trinajstić information content (AvgIpc) is 2.93. The summed E-state index contributed by atoms with van der Waals surface area (Å²) in [5, 5.41) is 21.0. The number of carboxylic acids is 1. The van der Waals surface area contributed by atoms with Crippen LogP contribution in [0.25, 0.3) is 0 Å². The van der Waals surface area contributed by atoms with Gasteiger partial charge in [-0.2, -0.15) is 0 Å².